The van der Waals surface area contributed by atoms with Crippen LogP contribution in [0, 0.1) is 11.3 Å². The maximum Gasteiger partial charge on any atom is 0.140 e. The summed E-state index contributed by atoms with van der Waals surface area (Å²) in [5.74, 6) is 0. The largest absolute Gasteiger partial charge is 0.363 e. The van der Waals surface area contributed by atoms with Gasteiger partial charge in [-0.05, 0) is 30.5 Å². The van der Waals surface area contributed by atoms with E-state index in [-0.39, 0.29) is 0 Å². The van der Waals surface area contributed by atoms with Crippen LogP contribution in [-0.2, 0) is 6.54 Å². The van der Waals surface area contributed by atoms with Gasteiger partial charge in [0.2, 0.25) is 0 Å². The number of pyridine rings is 1. The fraction of sp³-hybridized carbons (Fsp3) is 0.250. The van der Waals surface area contributed by atoms with Gasteiger partial charge in [0.15, 0.2) is 0 Å². The highest BCUT2D eigenvalue weighted by Gasteiger charge is 2.29. The highest BCUT2D eigenvalue weighted by molar-refractivity contribution is 5.48. The van der Waals surface area contributed by atoms with Crippen molar-refractivity contribution >= 4 is 5.69 Å². The van der Waals surface area contributed by atoms with Crippen LogP contribution in [0.4, 0.5) is 5.69 Å². The molecular formula is C16H15N3. The van der Waals surface area contributed by atoms with Gasteiger partial charge in [0.25, 0.3) is 0 Å². The molecule has 0 bridgehead atoms. The minimum Gasteiger partial charge on any atom is -0.363 e. The SMILES string of the molecule is N#Cc1ccc(N(Cc2ccccc2)C2CC2)cn1. The third-order valence-corrected chi connectivity index (χ3v) is 3.38. The highest BCUT2D eigenvalue weighted by atomic mass is 15.2. The lowest BCUT2D eigenvalue weighted by atomic mass is 10.2. The highest BCUT2D eigenvalue weighted by Crippen LogP contribution is 2.32. The Bertz CT molecular complexity index is 580. The van der Waals surface area contributed by atoms with Gasteiger partial charge in [-0.3, -0.25) is 0 Å². The van der Waals surface area contributed by atoms with E-state index in [2.05, 4.69) is 40.2 Å². The quantitative estimate of drug-likeness (QED) is 0.835. The lowest BCUT2D eigenvalue weighted by molar-refractivity contribution is 0.791. The monoisotopic (exact) mass is 249 g/mol. The van der Waals surface area contributed by atoms with Gasteiger partial charge >= 0.3 is 0 Å². The topological polar surface area (TPSA) is 39.9 Å². The summed E-state index contributed by atoms with van der Waals surface area (Å²) in [5, 5.41) is 8.80. The van der Waals surface area contributed by atoms with Gasteiger partial charge in [-0.25, -0.2) is 4.98 Å². The molecule has 0 aliphatic heterocycles. The smallest absolute Gasteiger partial charge is 0.140 e. The number of aromatic nitrogens is 1. The van der Waals surface area contributed by atoms with Crippen molar-refractivity contribution < 1.29 is 0 Å². The predicted octanol–water partition coefficient (Wildman–Crippen LogP) is 3.12. The summed E-state index contributed by atoms with van der Waals surface area (Å²) < 4.78 is 0. The first-order valence-electron chi connectivity index (χ1n) is 6.53. The molecule has 1 fully saturated rings. The second-order valence-corrected chi connectivity index (χ2v) is 4.86. The van der Waals surface area contributed by atoms with E-state index in [4.69, 9.17) is 5.26 Å². The van der Waals surface area contributed by atoms with Crippen LogP contribution < -0.4 is 4.90 Å². The van der Waals surface area contributed by atoms with Gasteiger partial charge in [-0.1, -0.05) is 30.3 Å². The lowest BCUT2D eigenvalue weighted by Crippen LogP contribution is -2.25. The molecule has 0 unspecified atom stereocenters. The Kier molecular flexibility index (Phi) is 3.16. The summed E-state index contributed by atoms with van der Waals surface area (Å²) in [6, 6.07) is 16.9. The van der Waals surface area contributed by atoms with E-state index >= 15 is 0 Å². The Morgan fingerprint density at radius 3 is 2.53 bits per heavy atom. The van der Waals surface area contributed by atoms with Crippen molar-refractivity contribution in [3.8, 4) is 6.07 Å². The zero-order valence-corrected chi connectivity index (χ0v) is 10.7. The zero-order chi connectivity index (χ0) is 13.1. The Morgan fingerprint density at radius 1 is 1.16 bits per heavy atom. The first kappa shape index (κ1) is 11.7. The van der Waals surface area contributed by atoms with Crippen molar-refractivity contribution in [2.45, 2.75) is 25.4 Å². The van der Waals surface area contributed by atoms with Crippen LogP contribution in [0.15, 0.2) is 48.7 Å². The van der Waals surface area contributed by atoms with Gasteiger partial charge in [0, 0.05) is 12.6 Å². The number of nitriles is 1. The molecule has 1 aliphatic rings. The summed E-state index contributed by atoms with van der Waals surface area (Å²) in [6.45, 7) is 0.902. The maximum absolute atomic E-state index is 8.80. The molecule has 0 atom stereocenters. The van der Waals surface area contributed by atoms with Crippen molar-refractivity contribution in [3.63, 3.8) is 0 Å². The van der Waals surface area contributed by atoms with Gasteiger partial charge in [-0.2, -0.15) is 5.26 Å². The van der Waals surface area contributed by atoms with Crippen LogP contribution in [-0.4, -0.2) is 11.0 Å². The molecule has 1 saturated carbocycles. The molecule has 2 aromatic rings. The van der Waals surface area contributed by atoms with Gasteiger partial charge in [0.1, 0.15) is 11.8 Å². The van der Waals surface area contributed by atoms with Crippen molar-refractivity contribution in [2.24, 2.45) is 0 Å². The van der Waals surface area contributed by atoms with Crippen molar-refractivity contribution in [2.75, 3.05) is 4.90 Å². The van der Waals surface area contributed by atoms with Gasteiger partial charge in [0.05, 0.1) is 11.9 Å². The molecule has 3 nitrogen and oxygen atoms in total. The van der Waals surface area contributed by atoms with E-state index < -0.39 is 0 Å². The molecule has 1 aromatic carbocycles. The second-order valence-electron chi connectivity index (χ2n) is 4.86. The van der Waals surface area contributed by atoms with Crippen LogP contribution in [0.2, 0.25) is 0 Å². The molecular weight excluding hydrogens is 234 g/mol. The maximum atomic E-state index is 8.80. The predicted molar refractivity (Wildman–Crippen MR) is 74.6 cm³/mol. The molecule has 94 valence electrons. The molecule has 0 N–H and O–H groups in total. The summed E-state index contributed by atoms with van der Waals surface area (Å²) in [7, 11) is 0. The van der Waals surface area contributed by atoms with E-state index in [9.17, 15) is 0 Å². The molecule has 1 aromatic heterocycles. The Morgan fingerprint density at radius 2 is 1.95 bits per heavy atom. The van der Waals surface area contributed by atoms with E-state index in [1.807, 2.05) is 12.1 Å². The van der Waals surface area contributed by atoms with E-state index in [1.165, 1.54) is 18.4 Å². The fourth-order valence-corrected chi connectivity index (χ4v) is 2.22. The summed E-state index contributed by atoms with van der Waals surface area (Å²) in [5.41, 5.74) is 2.88. The molecule has 0 amide bonds. The molecule has 3 rings (SSSR count). The number of rotatable bonds is 4. The molecule has 3 heteroatoms. The van der Waals surface area contributed by atoms with Crippen molar-refractivity contribution in [1.29, 1.82) is 5.26 Å². The Balaban J connectivity index is 1.82. The molecule has 0 saturated heterocycles. The van der Waals surface area contributed by atoms with E-state index in [1.54, 1.807) is 12.3 Å². The minimum atomic E-state index is 0.471. The molecule has 0 radical (unpaired) electrons. The van der Waals surface area contributed by atoms with Crippen molar-refractivity contribution in [3.05, 3.63) is 59.9 Å². The first-order valence-corrected chi connectivity index (χ1v) is 6.53. The summed E-state index contributed by atoms with van der Waals surface area (Å²) in [4.78, 5) is 6.55. The Labute approximate surface area is 113 Å². The number of benzene rings is 1. The second kappa shape index (κ2) is 5.11. The van der Waals surface area contributed by atoms with Crippen molar-refractivity contribution in [1.82, 2.24) is 4.98 Å². The number of anilines is 1. The number of hydrogen-bond donors (Lipinski definition) is 0. The standard InChI is InChI=1S/C16H15N3/c17-10-14-6-7-16(11-18-14)19(15-8-9-15)12-13-4-2-1-3-5-13/h1-7,11,15H,8-9,12H2. The van der Waals surface area contributed by atoms with Crippen LogP contribution in [0.3, 0.4) is 0 Å². The summed E-state index contributed by atoms with van der Waals surface area (Å²) in [6.07, 6.45) is 4.29. The number of nitrogens with zero attached hydrogens (tertiary/aromatic N) is 3. The molecule has 1 heterocycles. The van der Waals surface area contributed by atoms with Crippen LogP contribution in [0.25, 0.3) is 0 Å². The lowest BCUT2D eigenvalue weighted by Gasteiger charge is -2.24. The third kappa shape index (κ3) is 2.74. The van der Waals surface area contributed by atoms with E-state index in [0.717, 1.165) is 12.2 Å². The van der Waals surface area contributed by atoms with Gasteiger partial charge < -0.3 is 4.90 Å². The average Bonchev–Trinajstić information content (AvgIpc) is 3.31. The fourth-order valence-electron chi connectivity index (χ4n) is 2.22. The van der Waals surface area contributed by atoms with Crippen LogP contribution in [0.1, 0.15) is 24.1 Å². The molecule has 1 aliphatic carbocycles. The van der Waals surface area contributed by atoms with Gasteiger partial charge in [-0.15, -0.1) is 0 Å². The summed E-state index contributed by atoms with van der Waals surface area (Å²) >= 11 is 0. The Hall–Kier alpha value is -2.34. The first-order chi connectivity index (χ1) is 9.36. The molecule has 19 heavy (non-hydrogen) atoms. The minimum absolute atomic E-state index is 0.471. The van der Waals surface area contributed by atoms with Crippen LogP contribution in [0.5, 0.6) is 0 Å². The van der Waals surface area contributed by atoms with Crippen LogP contribution >= 0.6 is 0 Å². The van der Waals surface area contributed by atoms with E-state index in [0.29, 0.717) is 11.7 Å². The third-order valence-electron chi connectivity index (χ3n) is 3.38. The number of hydrogen-bond acceptors (Lipinski definition) is 3. The zero-order valence-electron chi connectivity index (χ0n) is 10.7. The molecule has 0 spiro atoms. The normalized spacial score (nSPS) is 13.8. The average molecular weight is 249 g/mol.